The Hall–Kier alpha value is -5.36. The van der Waals surface area contributed by atoms with Crippen LogP contribution in [0, 0.1) is 20.8 Å². The molecule has 210 valence electrons. The number of hydrogen-bond donors (Lipinski definition) is 0. The van der Waals surface area contributed by atoms with Crippen LogP contribution in [0.25, 0.3) is 66.1 Å². The van der Waals surface area contributed by atoms with Crippen LogP contribution >= 0.6 is 0 Å². The van der Waals surface area contributed by atoms with E-state index in [1.807, 2.05) is 0 Å². The molecular formula is C43H33N. The summed E-state index contributed by atoms with van der Waals surface area (Å²) in [4.78, 5) is 0. The third-order valence-corrected chi connectivity index (χ3v) is 9.35. The summed E-state index contributed by atoms with van der Waals surface area (Å²) in [6, 6.07) is 42.7. The predicted octanol–water partition coefficient (Wildman–Crippen LogP) is 11.7. The van der Waals surface area contributed by atoms with E-state index in [9.17, 15) is 0 Å². The molecule has 0 saturated heterocycles. The Morgan fingerprint density at radius 1 is 0.523 bits per heavy atom. The number of aryl methyl sites for hydroxylation is 3. The van der Waals surface area contributed by atoms with Gasteiger partial charge in [-0.1, -0.05) is 84.9 Å². The van der Waals surface area contributed by atoms with Gasteiger partial charge in [0.2, 0.25) is 0 Å². The van der Waals surface area contributed by atoms with Crippen molar-refractivity contribution in [1.29, 1.82) is 0 Å². The number of nitrogens with zero attached hydrogens (tertiary/aromatic N) is 1. The maximum absolute atomic E-state index is 3.28. The molecule has 1 aliphatic carbocycles. The molecule has 0 unspecified atom stereocenters. The van der Waals surface area contributed by atoms with Gasteiger partial charge < -0.3 is 4.57 Å². The normalized spacial score (nSPS) is 12.8. The molecule has 0 N–H and O–H groups in total. The summed E-state index contributed by atoms with van der Waals surface area (Å²) < 4.78 is 2.49. The molecule has 8 rings (SSSR count). The van der Waals surface area contributed by atoms with Crippen LogP contribution in [0.4, 0.5) is 0 Å². The Morgan fingerprint density at radius 2 is 1.27 bits per heavy atom. The second-order valence-electron chi connectivity index (χ2n) is 12.1. The van der Waals surface area contributed by atoms with Gasteiger partial charge in [-0.2, -0.15) is 0 Å². The quantitative estimate of drug-likeness (QED) is 0.188. The SMILES string of the molecule is CC1=C(c2ccc(-n3c4ccccc4c4cc5ccccc5c(-c5ccc(C)c(-c6ccccc6C)c5)c43)cc2C)C=C=C1. The summed E-state index contributed by atoms with van der Waals surface area (Å²) in [5, 5.41) is 5.06. The zero-order valence-electron chi connectivity index (χ0n) is 25.6. The second-order valence-corrected chi connectivity index (χ2v) is 12.1. The van der Waals surface area contributed by atoms with E-state index in [2.05, 4.69) is 165 Å². The first-order valence-electron chi connectivity index (χ1n) is 15.4. The fourth-order valence-corrected chi connectivity index (χ4v) is 7.12. The molecule has 0 aliphatic heterocycles. The number of benzene rings is 6. The lowest BCUT2D eigenvalue weighted by Crippen LogP contribution is -1.99. The molecule has 6 aromatic carbocycles. The van der Waals surface area contributed by atoms with Crippen LogP contribution in [-0.4, -0.2) is 4.57 Å². The molecule has 0 bridgehead atoms. The Kier molecular flexibility index (Phi) is 6.05. The van der Waals surface area contributed by atoms with Gasteiger partial charge in [0.15, 0.2) is 0 Å². The van der Waals surface area contributed by atoms with Crippen molar-refractivity contribution in [2.24, 2.45) is 0 Å². The Bertz CT molecular complexity index is 2400. The lowest BCUT2D eigenvalue weighted by Gasteiger charge is -2.18. The summed E-state index contributed by atoms with van der Waals surface area (Å²) in [6.07, 6.45) is 4.17. The highest BCUT2D eigenvalue weighted by molar-refractivity contribution is 6.21. The van der Waals surface area contributed by atoms with Crippen LogP contribution in [0.3, 0.4) is 0 Å². The van der Waals surface area contributed by atoms with Gasteiger partial charge in [-0.15, -0.1) is 5.73 Å². The van der Waals surface area contributed by atoms with E-state index in [1.165, 1.54) is 93.9 Å². The zero-order chi connectivity index (χ0) is 29.9. The van der Waals surface area contributed by atoms with Crippen LogP contribution < -0.4 is 0 Å². The molecule has 7 aromatic rings. The maximum Gasteiger partial charge on any atom is 0.0625 e. The number of para-hydroxylation sites is 1. The van der Waals surface area contributed by atoms with Gasteiger partial charge in [-0.25, -0.2) is 0 Å². The lowest BCUT2D eigenvalue weighted by atomic mass is 9.90. The van der Waals surface area contributed by atoms with Crippen LogP contribution in [0.5, 0.6) is 0 Å². The number of allylic oxidation sites excluding steroid dienone is 3. The van der Waals surface area contributed by atoms with Crippen molar-refractivity contribution in [3.8, 4) is 27.9 Å². The molecule has 0 amide bonds. The summed E-state index contributed by atoms with van der Waals surface area (Å²) in [5.41, 5.74) is 19.6. The van der Waals surface area contributed by atoms with E-state index in [4.69, 9.17) is 0 Å². The van der Waals surface area contributed by atoms with E-state index in [0.717, 1.165) is 0 Å². The van der Waals surface area contributed by atoms with Gasteiger partial charge in [0, 0.05) is 22.0 Å². The van der Waals surface area contributed by atoms with Crippen molar-refractivity contribution in [3.63, 3.8) is 0 Å². The van der Waals surface area contributed by atoms with Gasteiger partial charge in [0.25, 0.3) is 0 Å². The van der Waals surface area contributed by atoms with Crippen LogP contribution in [0.2, 0.25) is 0 Å². The van der Waals surface area contributed by atoms with Crippen molar-refractivity contribution in [3.05, 3.63) is 161 Å². The van der Waals surface area contributed by atoms with Gasteiger partial charge in [0.05, 0.1) is 11.0 Å². The van der Waals surface area contributed by atoms with E-state index < -0.39 is 0 Å². The smallest absolute Gasteiger partial charge is 0.0625 e. The Morgan fingerprint density at radius 3 is 2.07 bits per heavy atom. The molecule has 0 saturated carbocycles. The molecule has 0 atom stereocenters. The summed E-state index contributed by atoms with van der Waals surface area (Å²) >= 11 is 0. The Balaban J connectivity index is 1.48. The van der Waals surface area contributed by atoms with Crippen LogP contribution in [0.15, 0.2) is 139 Å². The first-order chi connectivity index (χ1) is 21.5. The highest BCUT2D eigenvalue weighted by Crippen LogP contribution is 2.44. The van der Waals surface area contributed by atoms with Crippen LogP contribution in [-0.2, 0) is 0 Å². The lowest BCUT2D eigenvalue weighted by molar-refractivity contribution is 1.17. The highest BCUT2D eigenvalue weighted by atomic mass is 15.0. The average Bonchev–Trinajstić information content (AvgIpc) is 3.61. The topological polar surface area (TPSA) is 4.93 Å². The van der Waals surface area contributed by atoms with E-state index >= 15 is 0 Å². The average molecular weight is 564 g/mol. The predicted molar refractivity (Wildman–Crippen MR) is 189 cm³/mol. The minimum atomic E-state index is 1.17. The third-order valence-electron chi connectivity index (χ3n) is 9.35. The van der Waals surface area contributed by atoms with E-state index in [0.29, 0.717) is 0 Å². The fourth-order valence-electron chi connectivity index (χ4n) is 7.12. The molecule has 1 heterocycles. The standard InChI is InChI=1S/C43H33N/c1-27-12-5-7-15-35(27)39-26-32(21-20-29(39)3)42-37-16-8-6-14-31(37)25-40-38-17-9-10-19-41(38)44(43(40)42)33-22-23-36(30(4)24-33)34-18-11-13-28(34)2/h5-10,12-26H,1-4H3. The molecule has 1 aromatic heterocycles. The van der Waals surface area contributed by atoms with Gasteiger partial charge in [-0.05, 0) is 131 Å². The maximum atomic E-state index is 3.28. The summed E-state index contributed by atoms with van der Waals surface area (Å²) in [7, 11) is 0. The minimum Gasteiger partial charge on any atom is -0.309 e. The zero-order valence-corrected chi connectivity index (χ0v) is 25.6. The van der Waals surface area contributed by atoms with E-state index in [-0.39, 0.29) is 0 Å². The number of fused-ring (bicyclic) bond motifs is 4. The van der Waals surface area contributed by atoms with Gasteiger partial charge in [-0.3, -0.25) is 0 Å². The molecule has 44 heavy (non-hydrogen) atoms. The number of rotatable bonds is 4. The van der Waals surface area contributed by atoms with Crippen molar-refractivity contribution >= 4 is 38.2 Å². The van der Waals surface area contributed by atoms with Crippen molar-refractivity contribution in [2.75, 3.05) is 0 Å². The number of aromatic nitrogens is 1. The van der Waals surface area contributed by atoms with Crippen LogP contribution in [0.1, 0.15) is 29.2 Å². The monoisotopic (exact) mass is 563 g/mol. The molecule has 1 nitrogen and oxygen atoms in total. The summed E-state index contributed by atoms with van der Waals surface area (Å²) in [5.74, 6) is 0. The first kappa shape index (κ1) is 26.3. The molecular weight excluding hydrogens is 530 g/mol. The molecule has 1 heteroatoms. The first-order valence-corrected chi connectivity index (χ1v) is 15.4. The van der Waals surface area contributed by atoms with Crippen molar-refractivity contribution in [1.82, 2.24) is 4.57 Å². The molecule has 0 fully saturated rings. The summed E-state index contributed by atoms with van der Waals surface area (Å²) in [6.45, 7) is 8.81. The van der Waals surface area contributed by atoms with Crippen molar-refractivity contribution in [2.45, 2.75) is 27.7 Å². The molecule has 0 radical (unpaired) electrons. The van der Waals surface area contributed by atoms with Gasteiger partial charge in [0.1, 0.15) is 0 Å². The molecule has 1 aliphatic rings. The van der Waals surface area contributed by atoms with Gasteiger partial charge >= 0.3 is 0 Å². The second kappa shape index (κ2) is 10.1. The molecule has 0 spiro atoms. The largest absolute Gasteiger partial charge is 0.309 e. The third kappa shape index (κ3) is 4.02. The van der Waals surface area contributed by atoms with E-state index in [1.54, 1.807) is 0 Å². The number of hydrogen-bond acceptors (Lipinski definition) is 0. The highest BCUT2D eigenvalue weighted by Gasteiger charge is 2.21. The fraction of sp³-hybridized carbons (Fsp3) is 0.0930. The minimum absolute atomic E-state index is 1.17. The van der Waals surface area contributed by atoms with Crippen molar-refractivity contribution < 1.29 is 0 Å². The Labute approximate surface area is 258 Å².